The van der Waals surface area contributed by atoms with Gasteiger partial charge in [-0.25, -0.2) is 4.79 Å². The van der Waals surface area contributed by atoms with Crippen molar-refractivity contribution in [3.8, 4) is 11.8 Å². The van der Waals surface area contributed by atoms with Crippen LogP contribution in [0.2, 0.25) is 0 Å². The molecule has 3 aromatic rings. The van der Waals surface area contributed by atoms with Crippen molar-refractivity contribution in [2.24, 2.45) is 0 Å². The maximum atomic E-state index is 11.9. The smallest absolute Gasteiger partial charge is 0.408 e. The molecule has 3 rings (SSSR count). The maximum Gasteiger partial charge on any atom is 0.420 e. The van der Waals surface area contributed by atoms with E-state index in [0.29, 0.717) is 12.1 Å². The molecule has 1 N–H and O–H groups in total. The molecule has 0 bridgehead atoms. The third-order valence-corrected chi connectivity index (χ3v) is 3.18. The Labute approximate surface area is 121 Å². The summed E-state index contributed by atoms with van der Waals surface area (Å²) in [6, 6.07) is 14.9. The van der Waals surface area contributed by atoms with Crippen LogP contribution in [0.25, 0.3) is 11.1 Å². The third-order valence-electron chi connectivity index (χ3n) is 3.18. The van der Waals surface area contributed by atoms with E-state index >= 15 is 0 Å². The van der Waals surface area contributed by atoms with Crippen LogP contribution >= 0.6 is 0 Å². The Hall–Kier alpha value is -2.77. The number of hydrogen-bond acceptors (Lipinski definition) is 3. The SMILES string of the molecule is O=c1oc2ccccc2n1Cc1ccc(C#CCO)cc1. The van der Waals surface area contributed by atoms with Gasteiger partial charge in [0.1, 0.15) is 6.61 Å². The van der Waals surface area contributed by atoms with E-state index in [9.17, 15) is 4.79 Å². The molecule has 104 valence electrons. The zero-order valence-electron chi connectivity index (χ0n) is 11.2. The molecule has 0 radical (unpaired) electrons. The van der Waals surface area contributed by atoms with Crippen LogP contribution in [0, 0.1) is 11.8 Å². The Morgan fingerprint density at radius 3 is 2.62 bits per heavy atom. The highest BCUT2D eigenvalue weighted by molar-refractivity contribution is 5.72. The average molecular weight is 279 g/mol. The van der Waals surface area contributed by atoms with Crippen molar-refractivity contribution in [2.45, 2.75) is 6.54 Å². The minimum absolute atomic E-state index is 0.155. The first kappa shape index (κ1) is 13.2. The second kappa shape index (κ2) is 5.70. The molecule has 0 unspecified atom stereocenters. The Morgan fingerprint density at radius 1 is 1.10 bits per heavy atom. The molecule has 0 aliphatic heterocycles. The van der Waals surface area contributed by atoms with E-state index < -0.39 is 0 Å². The average Bonchev–Trinajstić information content (AvgIpc) is 2.83. The van der Waals surface area contributed by atoms with Crippen molar-refractivity contribution in [1.29, 1.82) is 0 Å². The first-order valence-electron chi connectivity index (χ1n) is 6.55. The van der Waals surface area contributed by atoms with Gasteiger partial charge in [-0.15, -0.1) is 0 Å². The fourth-order valence-electron chi connectivity index (χ4n) is 2.18. The van der Waals surface area contributed by atoms with Crippen molar-refractivity contribution >= 4 is 11.1 Å². The molecule has 0 atom stereocenters. The summed E-state index contributed by atoms with van der Waals surface area (Å²) in [4.78, 5) is 11.9. The second-order valence-corrected chi connectivity index (χ2v) is 4.58. The summed E-state index contributed by atoms with van der Waals surface area (Å²) >= 11 is 0. The summed E-state index contributed by atoms with van der Waals surface area (Å²) in [6.07, 6.45) is 0. The lowest BCUT2D eigenvalue weighted by atomic mass is 10.1. The lowest BCUT2D eigenvalue weighted by Crippen LogP contribution is -2.14. The van der Waals surface area contributed by atoms with Gasteiger partial charge in [0.2, 0.25) is 0 Å². The van der Waals surface area contributed by atoms with Gasteiger partial charge in [-0.05, 0) is 29.8 Å². The van der Waals surface area contributed by atoms with E-state index in [4.69, 9.17) is 9.52 Å². The van der Waals surface area contributed by atoms with Gasteiger partial charge in [-0.3, -0.25) is 4.57 Å². The van der Waals surface area contributed by atoms with E-state index in [1.54, 1.807) is 10.6 Å². The number of para-hydroxylation sites is 2. The second-order valence-electron chi connectivity index (χ2n) is 4.58. The molecular weight excluding hydrogens is 266 g/mol. The number of nitrogens with zero attached hydrogens (tertiary/aromatic N) is 1. The van der Waals surface area contributed by atoms with Crippen molar-refractivity contribution in [3.63, 3.8) is 0 Å². The fourth-order valence-corrected chi connectivity index (χ4v) is 2.18. The quantitative estimate of drug-likeness (QED) is 0.730. The van der Waals surface area contributed by atoms with Gasteiger partial charge in [0, 0.05) is 5.56 Å². The molecule has 0 saturated carbocycles. The fraction of sp³-hybridized carbons (Fsp3) is 0.118. The number of fused-ring (bicyclic) bond motifs is 1. The maximum absolute atomic E-state index is 11.9. The van der Waals surface area contributed by atoms with Gasteiger partial charge in [0.15, 0.2) is 5.58 Å². The van der Waals surface area contributed by atoms with Crippen LogP contribution in [0.5, 0.6) is 0 Å². The van der Waals surface area contributed by atoms with Crippen LogP contribution < -0.4 is 5.76 Å². The zero-order chi connectivity index (χ0) is 14.7. The molecule has 0 saturated heterocycles. The Bertz CT molecular complexity index is 876. The topological polar surface area (TPSA) is 55.4 Å². The van der Waals surface area contributed by atoms with Gasteiger partial charge in [-0.2, -0.15) is 0 Å². The van der Waals surface area contributed by atoms with Gasteiger partial charge in [0.25, 0.3) is 0 Å². The number of aromatic nitrogens is 1. The Kier molecular flexibility index (Phi) is 3.59. The molecule has 2 aromatic carbocycles. The molecule has 0 aliphatic rings. The highest BCUT2D eigenvalue weighted by Crippen LogP contribution is 2.14. The van der Waals surface area contributed by atoms with Gasteiger partial charge >= 0.3 is 5.76 Å². The molecular formula is C17H13NO3. The van der Waals surface area contributed by atoms with Crippen molar-refractivity contribution in [1.82, 2.24) is 4.57 Å². The summed E-state index contributed by atoms with van der Waals surface area (Å²) in [6.45, 7) is 0.293. The highest BCUT2D eigenvalue weighted by atomic mass is 16.4. The summed E-state index contributed by atoms with van der Waals surface area (Å²) < 4.78 is 6.81. The number of benzene rings is 2. The number of hydrogen-bond donors (Lipinski definition) is 1. The van der Waals surface area contributed by atoms with Crippen molar-refractivity contribution < 1.29 is 9.52 Å². The summed E-state index contributed by atoms with van der Waals surface area (Å²) in [5.74, 6) is 5.07. The van der Waals surface area contributed by atoms with E-state index in [0.717, 1.165) is 16.6 Å². The van der Waals surface area contributed by atoms with E-state index in [1.807, 2.05) is 42.5 Å². The normalized spacial score (nSPS) is 10.3. The van der Waals surface area contributed by atoms with Crippen LogP contribution in [0.3, 0.4) is 0 Å². The first-order chi connectivity index (χ1) is 10.3. The van der Waals surface area contributed by atoms with Gasteiger partial charge in [-0.1, -0.05) is 36.1 Å². The molecule has 0 spiro atoms. The molecule has 0 aliphatic carbocycles. The van der Waals surface area contributed by atoms with Gasteiger partial charge in [0.05, 0.1) is 12.1 Å². The number of oxazole rings is 1. The highest BCUT2D eigenvalue weighted by Gasteiger charge is 2.08. The van der Waals surface area contributed by atoms with Crippen LogP contribution in [0.4, 0.5) is 0 Å². The van der Waals surface area contributed by atoms with E-state index in [-0.39, 0.29) is 12.4 Å². The minimum atomic E-state index is -0.361. The van der Waals surface area contributed by atoms with Crippen molar-refractivity contribution in [3.05, 3.63) is 70.2 Å². The standard InChI is InChI=1S/C17H13NO3/c19-11-3-4-13-7-9-14(10-8-13)12-18-15-5-1-2-6-16(15)21-17(18)20/h1-2,5-10,19H,11-12H2. The summed E-state index contributed by atoms with van der Waals surface area (Å²) in [5, 5.41) is 8.66. The lowest BCUT2D eigenvalue weighted by Gasteiger charge is -2.02. The van der Waals surface area contributed by atoms with Crippen LogP contribution in [0.15, 0.2) is 57.7 Å². The largest absolute Gasteiger partial charge is 0.420 e. The monoisotopic (exact) mass is 279 g/mol. The Morgan fingerprint density at radius 2 is 1.86 bits per heavy atom. The summed E-state index contributed by atoms with van der Waals surface area (Å²) in [5.41, 5.74) is 3.19. The Balaban J connectivity index is 1.92. The van der Waals surface area contributed by atoms with Crippen LogP contribution in [-0.4, -0.2) is 16.3 Å². The molecule has 1 aromatic heterocycles. The zero-order valence-corrected chi connectivity index (χ0v) is 11.2. The summed E-state index contributed by atoms with van der Waals surface area (Å²) in [7, 11) is 0. The minimum Gasteiger partial charge on any atom is -0.408 e. The van der Waals surface area contributed by atoms with E-state index in [1.165, 1.54) is 0 Å². The molecule has 21 heavy (non-hydrogen) atoms. The molecule has 0 fully saturated rings. The van der Waals surface area contributed by atoms with E-state index in [2.05, 4.69) is 11.8 Å². The number of aliphatic hydroxyl groups excluding tert-OH is 1. The number of rotatable bonds is 2. The molecule has 4 heteroatoms. The predicted octanol–water partition coefficient (Wildman–Crippen LogP) is 1.99. The molecule has 4 nitrogen and oxygen atoms in total. The van der Waals surface area contributed by atoms with Gasteiger partial charge < -0.3 is 9.52 Å². The molecule has 0 amide bonds. The van der Waals surface area contributed by atoms with Crippen LogP contribution in [0.1, 0.15) is 11.1 Å². The molecule has 1 heterocycles. The first-order valence-corrected chi connectivity index (χ1v) is 6.55. The number of aliphatic hydroxyl groups is 1. The van der Waals surface area contributed by atoms with Crippen LogP contribution in [-0.2, 0) is 6.54 Å². The third kappa shape index (κ3) is 2.73. The predicted molar refractivity (Wildman–Crippen MR) is 80.0 cm³/mol. The lowest BCUT2D eigenvalue weighted by molar-refractivity contribution is 0.350. The van der Waals surface area contributed by atoms with Crippen molar-refractivity contribution in [2.75, 3.05) is 6.61 Å².